The maximum atomic E-state index is 6.06. The first-order valence-electron chi connectivity index (χ1n) is 7.98. The van der Waals surface area contributed by atoms with Gasteiger partial charge < -0.3 is 9.47 Å². The molecule has 120 valence electrons. The Morgan fingerprint density at radius 2 is 1.30 bits per heavy atom. The zero-order valence-corrected chi connectivity index (χ0v) is 13.8. The zero-order valence-electron chi connectivity index (χ0n) is 13.8. The SMILES string of the molecule is C#C[C@H](C)[C@H](OCc1ccccc1)[C@H](C)OCc1ccccc1. The maximum Gasteiger partial charge on any atom is 0.0972 e. The van der Waals surface area contributed by atoms with Gasteiger partial charge in [0.25, 0.3) is 0 Å². The van der Waals surface area contributed by atoms with Crippen molar-refractivity contribution in [3.8, 4) is 12.3 Å². The van der Waals surface area contributed by atoms with E-state index >= 15 is 0 Å². The second kappa shape index (κ2) is 9.15. The molecule has 2 aromatic rings. The Hall–Kier alpha value is -2.08. The van der Waals surface area contributed by atoms with E-state index in [1.54, 1.807) is 0 Å². The van der Waals surface area contributed by atoms with Crippen molar-refractivity contribution in [1.29, 1.82) is 0 Å². The summed E-state index contributed by atoms with van der Waals surface area (Å²) in [6, 6.07) is 20.2. The molecule has 0 spiro atoms. The van der Waals surface area contributed by atoms with E-state index in [1.807, 2.05) is 62.4 Å². The topological polar surface area (TPSA) is 18.5 Å². The lowest BCUT2D eigenvalue weighted by molar-refractivity contribution is -0.0902. The van der Waals surface area contributed by atoms with Gasteiger partial charge in [-0.05, 0) is 25.0 Å². The monoisotopic (exact) mass is 308 g/mol. The molecule has 23 heavy (non-hydrogen) atoms. The van der Waals surface area contributed by atoms with Crippen molar-refractivity contribution < 1.29 is 9.47 Å². The molecule has 2 aromatic carbocycles. The summed E-state index contributed by atoms with van der Waals surface area (Å²) in [6.07, 6.45) is 5.39. The van der Waals surface area contributed by atoms with E-state index in [2.05, 4.69) is 18.1 Å². The Labute approximate surface area is 139 Å². The molecule has 0 heterocycles. The summed E-state index contributed by atoms with van der Waals surface area (Å²) in [5.74, 6) is 2.77. The Morgan fingerprint density at radius 3 is 1.78 bits per heavy atom. The minimum Gasteiger partial charge on any atom is -0.371 e. The van der Waals surface area contributed by atoms with E-state index in [0.717, 1.165) is 11.1 Å². The summed E-state index contributed by atoms with van der Waals surface area (Å²) in [7, 11) is 0. The Kier molecular flexibility index (Phi) is 6.87. The summed E-state index contributed by atoms with van der Waals surface area (Å²) < 4.78 is 12.0. The van der Waals surface area contributed by atoms with Crippen molar-refractivity contribution in [3.63, 3.8) is 0 Å². The molecule has 0 aliphatic heterocycles. The van der Waals surface area contributed by atoms with Gasteiger partial charge in [-0.25, -0.2) is 0 Å². The third kappa shape index (κ3) is 5.56. The number of benzene rings is 2. The summed E-state index contributed by atoms with van der Waals surface area (Å²) >= 11 is 0. The summed E-state index contributed by atoms with van der Waals surface area (Å²) in [5, 5.41) is 0. The van der Waals surface area contributed by atoms with Crippen molar-refractivity contribution in [2.45, 2.75) is 39.3 Å². The average molecular weight is 308 g/mol. The highest BCUT2D eigenvalue weighted by Crippen LogP contribution is 2.17. The van der Waals surface area contributed by atoms with Gasteiger partial charge in [0, 0.05) is 5.92 Å². The Morgan fingerprint density at radius 1 is 0.826 bits per heavy atom. The highest BCUT2D eigenvalue weighted by atomic mass is 16.5. The third-order valence-corrected chi connectivity index (χ3v) is 3.86. The fourth-order valence-corrected chi connectivity index (χ4v) is 2.44. The summed E-state index contributed by atoms with van der Waals surface area (Å²) in [4.78, 5) is 0. The predicted molar refractivity (Wildman–Crippen MR) is 93.7 cm³/mol. The Balaban J connectivity index is 1.93. The molecule has 0 radical (unpaired) electrons. The van der Waals surface area contributed by atoms with Crippen LogP contribution in [-0.2, 0) is 22.7 Å². The molecular weight excluding hydrogens is 284 g/mol. The number of rotatable bonds is 8. The summed E-state index contributed by atoms with van der Waals surface area (Å²) in [5.41, 5.74) is 2.28. The van der Waals surface area contributed by atoms with Gasteiger partial charge in [0.15, 0.2) is 0 Å². The van der Waals surface area contributed by atoms with E-state index in [9.17, 15) is 0 Å². The van der Waals surface area contributed by atoms with Crippen LogP contribution in [0.2, 0.25) is 0 Å². The van der Waals surface area contributed by atoms with Gasteiger partial charge in [-0.15, -0.1) is 12.3 Å². The first-order valence-corrected chi connectivity index (χ1v) is 7.98. The van der Waals surface area contributed by atoms with E-state index in [-0.39, 0.29) is 18.1 Å². The molecule has 0 fully saturated rings. The molecule has 2 heteroatoms. The van der Waals surface area contributed by atoms with Gasteiger partial charge in [-0.3, -0.25) is 0 Å². The molecule has 0 saturated heterocycles. The average Bonchev–Trinajstić information content (AvgIpc) is 2.61. The highest BCUT2D eigenvalue weighted by molar-refractivity contribution is 5.14. The normalized spacial score (nSPS) is 14.7. The van der Waals surface area contributed by atoms with Crippen LogP contribution >= 0.6 is 0 Å². The third-order valence-electron chi connectivity index (χ3n) is 3.86. The van der Waals surface area contributed by atoms with Crippen molar-refractivity contribution >= 4 is 0 Å². The molecule has 0 amide bonds. The molecule has 0 bridgehead atoms. The van der Waals surface area contributed by atoms with Crippen molar-refractivity contribution in [3.05, 3.63) is 71.8 Å². The summed E-state index contributed by atoms with van der Waals surface area (Å²) in [6.45, 7) is 5.12. The smallest absolute Gasteiger partial charge is 0.0972 e. The molecule has 0 aromatic heterocycles. The molecule has 0 aliphatic carbocycles. The van der Waals surface area contributed by atoms with Crippen LogP contribution in [0.25, 0.3) is 0 Å². The lowest BCUT2D eigenvalue weighted by Gasteiger charge is -2.27. The van der Waals surface area contributed by atoms with Crippen LogP contribution in [0.5, 0.6) is 0 Å². The number of hydrogen-bond donors (Lipinski definition) is 0. The second-order valence-electron chi connectivity index (χ2n) is 5.72. The zero-order chi connectivity index (χ0) is 16.5. The van der Waals surface area contributed by atoms with Gasteiger partial charge in [-0.2, -0.15) is 0 Å². The van der Waals surface area contributed by atoms with Gasteiger partial charge in [-0.1, -0.05) is 60.7 Å². The minimum atomic E-state index is -0.135. The Bertz CT molecular complexity index is 601. The fraction of sp³-hybridized carbons (Fsp3) is 0.333. The molecule has 2 nitrogen and oxygen atoms in total. The van der Waals surface area contributed by atoms with Crippen LogP contribution in [-0.4, -0.2) is 12.2 Å². The number of hydrogen-bond acceptors (Lipinski definition) is 2. The second-order valence-corrected chi connectivity index (χ2v) is 5.72. The standard InChI is InChI=1S/C21H24O2/c1-4-17(2)21(23-16-20-13-9-6-10-14-20)18(3)22-15-19-11-7-5-8-12-19/h1,5-14,17-18,21H,15-16H2,2-3H3/t17-,18-,21-/m0/s1. The van der Waals surface area contributed by atoms with Crippen molar-refractivity contribution in [1.82, 2.24) is 0 Å². The van der Waals surface area contributed by atoms with Crippen LogP contribution < -0.4 is 0 Å². The van der Waals surface area contributed by atoms with Crippen LogP contribution in [0.1, 0.15) is 25.0 Å². The molecule has 2 rings (SSSR count). The highest BCUT2D eigenvalue weighted by Gasteiger charge is 2.24. The van der Waals surface area contributed by atoms with Crippen LogP contribution in [0, 0.1) is 18.3 Å². The molecule has 0 aliphatic rings. The van der Waals surface area contributed by atoms with Gasteiger partial charge in [0.05, 0.1) is 25.4 Å². The molecule has 0 unspecified atom stereocenters. The van der Waals surface area contributed by atoms with Crippen LogP contribution in [0.15, 0.2) is 60.7 Å². The first-order chi connectivity index (χ1) is 11.2. The van der Waals surface area contributed by atoms with Gasteiger partial charge in [0.2, 0.25) is 0 Å². The van der Waals surface area contributed by atoms with E-state index in [4.69, 9.17) is 15.9 Å². The van der Waals surface area contributed by atoms with Crippen molar-refractivity contribution in [2.75, 3.05) is 0 Å². The van der Waals surface area contributed by atoms with Gasteiger partial charge >= 0.3 is 0 Å². The lowest BCUT2D eigenvalue weighted by Crippen LogP contribution is -2.34. The first kappa shape index (κ1) is 17.3. The molecule has 0 saturated carbocycles. The number of ether oxygens (including phenoxy) is 2. The van der Waals surface area contributed by atoms with E-state index < -0.39 is 0 Å². The van der Waals surface area contributed by atoms with Gasteiger partial charge in [0.1, 0.15) is 0 Å². The minimum absolute atomic E-state index is 0.00974. The van der Waals surface area contributed by atoms with E-state index in [1.165, 1.54) is 0 Å². The molecular formula is C21H24O2. The quantitative estimate of drug-likeness (QED) is 0.671. The van der Waals surface area contributed by atoms with Crippen molar-refractivity contribution in [2.24, 2.45) is 5.92 Å². The lowest BCUT2D eigenvalue weighted by atomic mass is 10.0. The largest absolute Gasteiger partial charge is 0.371 e. The predicted octanol–water partition coefficient (Wildman–Crippen LogP) is 4.45. The number of terminal acetylenes is 1. The van der Waals surface area contributed by atoms with E-state index in [0.29, 0.717) is 13.2 Å². The fourth-order valence-electron chi connectivity index (χ4n) is 2.44. The van der Waals surface area contributed by atoms with Crippen LogP contribution in [0.4, 0.5) is 0 Å². The molecule has 0 N–H and O–H groups in total. The van der Waals surface area contributed by atoms with Crippen LogP contribution in [0.3, 0.4) is 0 Å². The molecule has 3 atom stereocenters. The maximum absolute atomic E-state index is 6.06.